The van der Waals surface area contributed by atoms with Gasteiger partial charge in [0.1, 0.15) is 0 Å². The Morgan fingerprint density at radius 2 is 0.844 bits per heavy atom. The van der Waals surface area contributed by atoms with Gasteiger partial charge in [0.25, 0.3) is 0 Å². The lowest BCUT2D eigenvalue weighted by atomic mass is 9.27. The van der Waals surface area contributed by atoms with Crippen LogP contribution < -0.4 is 15.5 Å². The van der Waals surface area contributed by atoms with E-state index in [1.54, 1.807) is 64.1 Å². The molecule has 0 bridgehead atoms. The van der Waals surface area contributed by atoms with Crippen LogP contribution in [0.1, 0.15) is 33.3 Å². The van der Waals surface area contributed by atoms with Crippen LogP contribution in [0.2, 0.25) is 0 Å². The molecule has 2 saturated heterocycles. The average Bonchev–Trinajstić information content (AvgIpc) is 3.01. The molecule has 0 spiro atoms. The fraction of sp³-hybridized carbons (Fsp3) is 0.360. The minimum Gasteiger partial charge on any atom is -0.399 e. The van der Waals surface area contributed by atoms with Gasteiger partial charge in [-0.15, -0.1) is 0 Å². The van der Waals surface area contributed by atoms with Crippen molar-refractivity contribution in [3.05, 3.63) is 54.1 Å². The first-order valence-electron chi connectivity index (χ1n) is 10.6. The highest BCUT2D eigenvalue weighted by molar-refractivity contribution is 6.37. The van der Waals surface area contributed by atoms with Crippen LogP contribution in [0, 0.1) is 28.6 Å². The minimum atomic E-state index is -1.38. The van der Waals surface area contributed by atoms with Crippen molar-refractivity contribution >= 4 is 40.7 Å². The largest absolute Gasteiger partial charge is 0.399 e. The molecule has 4 atom stereocenters. The van der Waals surface area contributed by atoms with Gasteiger partial charge in [0.15, 0.2) is 0 Å². The molecule has 3 aliphatic rings. The van der Waals surface area contributed by atoms with Gasteiger partial charge in [-0.2, -0.15) is 0 Å². The molecule has 2 heterocycles. The lowest BCUT2D eigenvalue weighted by Gasteiger charge is -2.67. The van der Waals surface area contributed by atoms with E-state index >= 15 is 0 Å². The van der Waals surface area contributed by atoms with Gasteiger partial charge in [0, 0.05) is 5.69 Å². The third kappa shape index (κ3) is 1.71. The maximum Gasteiger partial charge on any atom is 0.241 e. The minimum absolute atomic E-state index is 0.381. The zero-order valence-corrected chi connectivity index (χ0v) is 18.7. The Balaban J connectivity index is 1.69. The zero-order valence-electron chi connectivity index (χ0n) is 18.7. The number of nitrogens with zero attached hydrogens (tertiary/aromatic N) is 2. The molecule has 2 aliphatic heterocycles. The van der Waals surface area contributed by atoms with Crippen LogP contribution in [0.25, 0.3) is 0 Å². The predicted octanol–water partition coefficient (Wildman–Crippen LogP) is 3.06. The number of amides is 4. The molecular formula is C25H25N3O4. The van der Waals surface area contributed by atoms with E-state index in [4.69, 9.17) is 5.73 Å². The fourth-order valence-corrected chi connectivity index (χ4v) is 6.51. The molecule has 7 heteroatoms. The van der Waals surface area contributed by atoms with Crippen LogP contribution in [0.15, 0.2) is 48.5 Å². The van der Waals surface area contributed by atoms with E-state index in [1.807, 2.05) is 19.1 Å². The lowest BCUT2D eigenvalue weighted by molar-refractivity contribution is -0.243. The Morgan fingerprint density at radius 3 is 1.16 bits per heavy atom. The summed E-state index contributed by atoms with van der Waals surface area (Å²) in [6.45, 7) is 8.52. The number of anilines is 3. The van der Waals surface area contributed by atoms with Crippen molar-refractivity contribution in [3.63, 3.8) is 0 Å². The van der Waals surface area contributed by atoms with Crippen molar-refractivity contribution in [2.45, 2.75) is 34.6 Å². The first-order valence-corrected chi connectivity index (χ1v) is 10.6. The molecule has 1 saturated carbocycles. The van der Waals surface area contributed by atoms with Crippen LogP contribution in [-0.4, -0.2) is 23.6 Å². The molecule has 32 heavy (non-hydrogen) atoms. The highest BCUT2D eigenvalue weighted by atomic mass is 16.2. The van der Waals surface area contributed by atoms with Crippen molar-refractivity contribution in [1.29, 1.82) is 0 Å². The maximum absolute atomic E-state index is 13.8. The van der Waals surface area contributed by atoms with Gasteiger partial charge in [-0.1, -0.05) is 17.7 Å². The van der Waals surface area contributed by atoms with Crippen LogP contribution >= 0.6 is 0 Å². The van der Waals surface area contributed by atoms with Crippen molar-refractivity contribution in [1.82, 2.24) is 0 Å². The Morgan fingerprint density at radius 1 is 0.562 bits per heavy atom. The molecule has 2 N–H and O–H groups in total. The summed E-state index contributed by atoms with van der Waals surface area (Å²) in [7, 11) is 0. The quantitative estimate of drug-likeness (QED) is 0.582. The topological polar surface area (TPSA) is 101 Å². The lowest BCUT2D eigenvalue weighted by Crippen LogP contribution is -2.77. The number of carbonyl (C=O) groups is 4. The van der Waals surface area contributed by atoms with E-state index in [1.165, 1.54) is 0 Å². The van der Waals surface area contributed by atoms with Crippen molar-refractivity contribution in [3.8, 4) is 0 Å². The summed E-state index contributed by atoms with van der Waals surface area (Å²) < 4.78 is 0. The summed E-state index contributed by atoms with van der Waals surface area (Å²) in [6.07, 6.45) is 0. The first kappa shape index (κ1) is 20.4. The van der Waals surface area contributed by atoms with Gasteiger partial charge in [-0.25, -0.2) is 9.80 Å². The second-order valence-electron chi connectivity index (χ2n) is 9.82. The van der Waals surface area contributed by atoms with E-state index in [2.05, 4.69) is 0 Å². The van der Waals surface area contributed by atoms with Gasteiger partial charge >= 0.3 is 0 Å². The highest BCUT2D eigenvalue weighted by Gasteiger charge is 2.96. The summed E-state index contributed by atoms with van der Waals surface area (Å²) in [4.78, 5) is 57.5. The molecule has 7 nitrogen and oxygen atoms in total. The molecule has 4 unspecified atom stereocenters. The number of nitrogen functional groups attached to an aromatic ring is 1. The molecule has 2 aromatic carbocycles. The number of fused-ring (bicyclic) bond motifs is 4. The predicted molar refractivity (Wildman–Crippen MR) is 119 cm³/mol. The third-order valence-electron chi connectivity index (χ3n) is 8.97. The highest BCUT2D eigenvalue weighted by Crippen LogP contribution is 2.84. The molecular weight excluding hydrogens is 406 g/mol. The number of benzene rings is 2. The van der Waals surface area contributed by atoms with Crippen LogP contribution in [0.4, 0.5) is 17.1 Å². The van der Waals surface area contributed by atoms with E-state index in [0.717, 1.165) is 15.4 Å². The smallest absolute Gasteiger partial charge is 0.241 e. The number of hydrogen-bond donors (Lipinski definition) is 1. The van der Waals surface area contributed by atoms with Crippen molar-refractivity contribution in [2.24, 2.45) is 21.7 Å². The van der Waals surface area contributed by atoms with Gasteiger partial charge < -0.3 is 5.73 Å². The van der Waals surface area contributed by atoms with E-state index in [9.17, 15) is 19.2 Å². The summed E-state index contributed by atoms with van der Waals surface area (Å²) in [6, 6.07) is 13.5. The van der Waals surface area contributed by atoms with Crippen LogP contribution in [-0.2, 0) is 19.2 Å². The maximum atomic E-state index is 13.8. The molecule has 5 rings (SSSR count). The van der Waals surface area contributed by atoms with Gasteiger partial charge in [-0.05, 0) is 71.0 Å². The van der Waals surface area contributed by atoms with Gasteiger partial charge in [-0.3, -0.25) is 19.2 Å². The average molecular weight is 431 g/mol. The van der Waals surface area contributed by atoms with E-state index in [0.29, 0.717) is 17.1 Å². The SMILES string of the molecule is Cc1ccc(N2C(=O)C3(C)C(C)(C2=O)C2(C)C(=O)N(c4ccc(N)cc4)C(=O)C32C)cc1. The number of nitrogens with two attached hydrogens (primary N) is 1. The number of aryl methyl sites for hydroxylation is 1. The molecule has 164 valence electrons. The fourth-order valence-electron chi connectivity index (χ4n) is 6.51. The number of rotatable bonds is 2. The standard InChI is InChI=1S/C25H25N3O4/c1-14-6-10-16(11-7-14)27-18(29)22(2)23(3,19(27)30)25(5)21(32)28(20(31)24(22,25)4)17-12-8-15(26)9-13-17/h6-13H,26H2,1-5H3. The number of hydrogen-bond acceptors (Lipinski definition) is 5. The Bertz CT molecular complexity index is 1070. The number of imide groups is 2. The van der Waals surface area contributed by atoms with E-state index < -0.39 is 45.3 Å². The summed E-state index contributed by atoms with van der Waals surface area (Å²) in [5, 5.41) is 0. The molecule has 4 amide bonds. The number of carbonyl (C=O) groups excluding carboxylic acids is 4. The normalized spacial score (nSPS) is 35.8. The molecule has 2 aromatic rings. The third-order valence-corrected chi connectivity index (χ3v) is 8.97. The Kier molecular flexibility index (Phi) is 3.61. The molecule has 1 aliphatic carbocycles. The monoisotopic (exact) mass is 431 g/mol. The van der Waals surface area contributed by atoms with Gasteiger partial charge in [0.05, 0.1) is 33.0 Å². The van der Waals surface area contributed by atoms with Crippen molar-refractivity contribution < 1.29 is 19.2 Å². The molecule has 0 aromatic heterocycles. The van der Waals surface area contributed by atoms with Crippen LogP contribution in [0.5, 0.6) is 0 Å². The zero-order chi connectivity index (χ0) is 23.4. The molecule has 0 radical (unpaired) electrons. The Labute approximate surface area is 186 Å². The summed E-state index contributed by atoms with van der Waals surface area (Å²) in [5.74, 6) is -1.84. The second kappa shape index (κ2) is 5.65. The van der Waals surface area contributed by atoms with Crippen LogP contribution in [0.3, 0.4) is 0 Å². The summed E-state index contributed by atoms with van der Waals surface area (Å²) >= 11 is 0. The van der Waals surface area contributed by atoms with E-state index in [-0.39, 0.29) is 0 Å². The summed E-state index contributed by atoms with van der Waals surface area (Å²) in [5.41, 5.74) is 2.60. The van der Waals surface area contributed by atoms with Gasteiger partial charge in [0.2, 0.25) is 23.6 Å². The molecule has 3 fully saturated rings. The second-order valence-corrected chi connectivity index (χ2v) is 9.82. The first-order chi connectivity index (χ1) is 14.9. The van der Waals surface area contributed by atoms with Crippen molar-refractivity contribution in [2.75, 3.05) is 15.5 Å². The Hall–Kier alpha value is -3.48.